The highest BCUT2D eigenvalue weighted by atomic mass is 35.5. The molecule has 0 unspecified atom stereocenters. The van der Waals surface area contributed by atoms with Gasteiger partial charge in [-0.25, -0.2) is 0 Å². The Balaban J connectivity index is 1.77. The number of hydrogen-bond acceptors (Lipinski definition) is 3. The predicted molar refractivity (Wildman–Crippen MR) is 97.8 cm³/mol. The molecule has 0 atom stereocenters. The van der Waals surface area contributed by atoms with E-state index in [-0.39, 0.29) is 11.6 Å². The summed E-state index contributed by atoms with van der Waals surface area (Å²) >= 11 is 6.07. The van der Waals surface area contributed by atoms with E-state index in [1.807, 2.05) is 24.3 Å². The second-order valence-electron chi connectivity index (χ2n) is 6.55. The Kier molecular flexibility index (Phi) is 5.04. The number of nitrogens with zero attached hydrogens (tertiary/aromatic N) is 1. The minimum absolute atomic E-state index is 0.00695. The summed E-state index contributed by atoms with van der Waals surface area (Å²) in [6.07, 6.45) is 4.35. The molecular weight excluding hydrogens is 340 g/mol. The first-order valence-electron chi connectivity index (χ1n) is 8.29. The Labute approximate surface area is 151 Å². The van der Waals surface area contributed by atoms with E-state index in [2.05, 4.69) is 5.32 Å². The smallest absolute Gasteiger partial charge is 0.269 e. The number of carbonyl (C=O) groups is 1. The number of nitrogens with one attached hydrogen (secondary N) is 1. The molecular formula is C19H19ClN2O3. The summed E-state index contributed by atoms with van der Waals surface area (Å²) in [5.74, 6) is -0.0289. The van der Waals surface area contributed by atoms with Gasteiger partial charge in [0.2, 0.25) is 5.91 Å². The SMILES string of the molecule is O=C(Nc1ccc([N+](=O)[O-])cc1)C1(Cc2cccc(Cl)c2)CCCC1. The van der Waals surface area contributed by atoms with E-state index in [1.165, 1.54) is 12.1 Å². The quantitative estimate of drug-likeness (QED) is 0.604. The molecule has 2 aromatic carbocycles. The molecule has 1 amide bonds. The molecule has 1 aliphatic rings. The average Bonchev–Trinajstić information content (AvgIpc) is 3.05. The van der Waals surface area contributed by atoms with Gasteiger partial charge in [-0.1, -0.05) is 36.6 Å². The van der Waals surface area contributed by atoms with Crippen LogP contribution in [0.2, 0.25) is 5.02 Å². The summed E-state index contributed by atoms with van der Waals surface area (Å²) in [5, 5.41) is 14.3. The molecule has 1 saturated carbocycles. The van der Waals surface area contributed by atoms with Crippen molar-refractivity contribution < 1.29 is 9.72 Å². The monoisotopic (exact) mass is 358 g/mol. The van der Waals surface area contributed by atoms with Gasteiger partial charge in [0, 0.05) is 22.8 Å². The molecule has 25 heavy (non-hydrogen) atoms. The van der Waals surface area contributed by atoms with Gasteiger partial charge in [0.15, 0.2) is 0 Å². The molecule has 0 radical (unpaired) electrons. The van der Waals surface area contributed by atoms with E-state index in [0.717, 1.165) is 31.2 Å². The highest BCUT2D eigenvalue weighted by Gasteiger charge is 2.41. The molecule has 0 aliphatic heterocycles. The minimum atomic E-state index is -0.455. The van der Waals surface area contributed by atoms with Gasteiger partial charge >= 0.3 is 0 Å². The molecule has 0 spiro atoms. The number of halogens is 1. The zero-order chi connectivity index (χ0) is 17.9. The standard InChI is InChI=1S/C19H19ClN2O3/c20-15-5-3-4-14(12-15)13-19(10-1-2-11-19)18(23)21-16-6-8-17(9-7-16)22(24)25/h3-9,12H,1-2,10-11,13H2,(H,21,23). The number of nitro groups is 1. The minimum Gasteiger partial charge on any atom is -0.326 e. The summed E-state index contributed by atoms with van der Waals surface area (Å²) in [6.45, 7) is 0. The molecule has 5 nitrogen and oxygen atoms in total. The normalized spacial score (nSPS) is 15.7. The first kappa shape index (κ1) is 17.4. The lowest BCUT2D eigenvalue weighted by molar-refractivity contribution is -0.384. The van der Waals surface area contributed by atoms with E-state index in [1.54, 1.807) is 12.1 Å². The van der Waals surface area contributed by atoms with Gasteiger partial charge in [0.1, 0.15) is 0 Å². The topological polar surface area (TPSA) is 72.2 Å². The van der Waals surface area contributed by atoms with Crippen LogP contribution < -0.4 is 5.32 Å². The van der Waals surface area contributed by atoms with Gasteiger partial charge < -0.3 is 5.32 Å². The van der Waals surface area contributed by atoms with Gasteiger partial charge in [-0.05, 0) is 49.1 Å². The number of anilines is 1. The Morgan fingerprint density at radius 2 is 1.84 bits per heavy atom. The lowest BCUT2D eigenvalue weighted by atomic mass is 9.79. The molecule has 6 heteroatoms. The fourth-order valence-electron chi connectivity index (χ4n) is 3.50. The molecule has 2 aromatic rings. The van der Waals surface area contributed by atoms with Crippen molar-refractivity contribution in [2.75, 3.05) is 5.32 Å². The average molecular weight is 359 g/mol. The number of hydrogen-bond donors (Lipinski definition) is 1. The zero-order valence-corrected chi connectivity index (χ0v) is 14.5. The Bertz CT molecular complexity index is 784. The number of benzene rings is 2. The number of nitro benzene ring substituents is 1. The van der Waals surface area contributed by atoms with Crippen LogP contribution in [-0.2, 0) is 11.2 Å². The summed E-state index contributed by atoms with van der Waals surface area (Å²) < 4.78 is 0. The molecule has 1 aliphatic carbocycles. The van der Waals surface area contributed by atoms with Gasteiger partial charge in [-0.3, -0.25) is 14.9 Å². The molecule has 1 N–H and O–H groups in total. The number of rotatable bonds is 5. The van der Waals surface area contributed by atoms with Crippen LogP contribution in [0.5, 0.6) is 0 Å². The molecule has 0 saturated heterocycles. The third kappa shape index (κ3) is 3.99. The Morgan fingerprint density at radius 1 is 1.16 bits per heavy atom. The highest BCUT2D eigenvalue weighted by Crippen LogP contribution is 2.42. The van der Waals surface area contributed by atoms with Crippen molar-refractivity contribution in [1.82, 2.24) is 0 Å². The summed E-state index contributed by atoms with van der Waals surface area (Å²) in [4.78, 5) is 23.2. The summed E-state index contributed by atoms with van der Waals surface area (Å²) in [5.41, 5.74) is 1.18. The number of non-ortho nitro benzene ring substituents is 1. The van der Waals surface area contributed by atoms with Crippen LogP contribution in [0.15, 0.2) is 48.5 Å². The van der Waals surface area contributed by atoms with Crippen LogP contribution >= 0.6 is 11.6 Å². The number of carbonyl (C=O) groups excluding carboxylic acids is 1. The first-order valence-corrected chi connectivity index (χ1v) is 8.67. The fraction of sp³-hybridized carbons (Fsp3) is 0.316. The van der Waals surface area contributed by atoms with Gasteiger partial charge in [-0.2, -0.15) is 0 Å². The van der Waals surface area contributed by atoms with Crippen LogP contribution in [-0.4, -0.2) is 10.8 Å². The largest absolute Gasteiger partial charge is 0.326 e. The lowest BCUT2D eigenvalue weighted by Crippen LogP contribution is -2.35. The maximum Gasteiger partial charge on any atom is 0.269 e. The molecule has 0 aromatic heterocycles. The van der Waals surface area contributed by atoms with Crippen molar-refractivity contribution in [3.63, 3.8) is 0 Å². The second-order valence-corrected chi connectivity index (χ2v) is 6.99. The molecule has 0 bridgehead atoms. The third-order valence-electron chi connectivity index (χ3n) is 4.81. The van der Waals surface area contributed by atoms with Crippen LogP contribution in [0.4, 0.5) is 11.4 Å². The van der Waals surface area contributed by atoms with Crippen LogP contribution in [0.3, 0.4) is 0 Å². The van der Waals surface area contributed by atoms with E-state index in [9.17, 15) is 14.9 Å². The van der Waals surface area contributed by atoms with Crippen LogP contribution in [0.1, 0.15) is 31.2 Å². The summed E-state index contributed by atoms with van der Waals surface area (Å²) in [7, 11) is 0. The Hall–Kier alpha value is -2.40. The van der Waals surface area contributed by atoms with Gasteiger partial charge in [0.25, 0.3) is 5.69 Å². The van der Waals surface area contributed by atoms with Crippen molar-refractivity contribution in [1.29, 1.82) is 0 Å². The van der Waals surface area contributed by atoms with Crippen molar-refractivity contribution in [2.45, 2.75) is 32.1 Å². The predicted octanol–water partition coefficient (Wildman–Crippen LogP) is 4.99. The Morgan fingerprint density at radius 3 is 2.44 bits per heavy atom. The van der Waals surface area contributed by atoms with Gasteiger partial charge in [-0.15, -0.1) is 0 Å². The third-order valence-corrected chi connectivity index (χ3v) is 5.04. The van der Waals surface area contributed by atoms with Crippen LogP contribution in [0.25, 0.3) is 0 Å². The van der Waals surface area contributed by atoms with Crippen molar-refractivity contribution in [3.05, 3.63) is 69.2 Å². The van der Waals surface area contributed by atoms with Crippen molar-refractivity contribution >= 4 is 28.9 Å². The van der Waals surface area contributed by atoms with E-state index < -0.39 is 10.3 Å². The second kappa shape index (κ2) is 7.23. The van der Waals surface area contributed by atoms with Crippen LogP contribution in [0, 0.1) is 15.5 Å². The first-order chi connectivity index (χ1) is 12.0. The lowest BCUT2D eigenvalue weighted by Gasteiger charge is -2.28. The molecule has 130 valence electrons. The van der Waals surface area contributed by atoms with Crippen molar-refractivity contribution in [3.8, 4) is 0 Å². The fourth-order valence-corrected chi connectivity index (χ4v) is 3.72. The van der Waals surface area contributed by atoms with Gasteiger partial charge in [0.05, 0.1) is 10.3 Å². The number of amides is 1. The highest BCUT2D eigenvalue weighted by molar-refractivity contribution is 6.30. The maximum atomic E-state index is 13.0. The molecule has 0 heterocycles. The summed E-state index contributed by atoms with van der Waals surface area (Å²) in [6, 6.07) is 13.5. The molecule has 3 rings (SSSR count). The molecule has 1 fully saturated rings. The zero-order valence-electron chi connectivity index (χ0n) is 13.7. The van der Waals surface area contributed by atoms with E-state index >= 15 is 0 Å². The van der Waals surface area contributed by atoms with E-state index in [0.29, 0.717) is 17.1 Å². The van der Waals surface area contributed by atoms with Crippen molar-refractivity contribution in [2.24, 2.45) is 5.41 Å². The van der Waals surface area contributed by atoms with E-state index in [4.69, 9.17) is 11.6 Å². The maximum absolute atomic E-state index is 13.0.